The summed E-state index contributed by atoms with van der Waals surface area (Å²) in [5.74, 6) is 1.35. The van der Waals surface area contributed by atoms with Crippen molar-refractivity contribution >= 4 is 16.9 Å². The van der Waals surface area contributed by atoms with Gasteiger partial charge in [0.2, 0.25) is 0 Å². The fourth-order valence-electron chi connectivity index (χ4n) is 3.15. The van der Waals surface area contributed by atoms with Gasteiger partial charge in [-0.05, 0) is 41.0 Å². The molecule has 0 fully saturated rings. The van der Waals surface area contributed by atoms with E-state index in [1.165, 1.54) is 12.1 Å². The van der Waals surface area contributed by atoms with Gasteiger partial charge in [0.05, 0.1) is 18.9 Å². The lowest BCUT2D eigenvalue weighted by Crippen LogP contribution is -2.06. The van der Waals surface area contributed by atoms with E-state index in [1.54, 1.807) is 19.5 Å². The largest absolute Gasteiger partial charge is 0.495 e. The summed E-state index contributed by atoms with van der Waals surface area (Å²) in [5.41, 5.74) is 3.00. The molecule has 4 aromatic rings. The van der Waals surface area contributed by atoms with Crippen molar-refractivity contribution in [3.63, 3.8) is 0 Å². The first-order valence-corrected chi connectivity index (χ1v) is 9.27. The van der Waals surface area contributed by atoms with Gasteiger partial charge in [0, 0.05) is 30.7 Å². The quantitative estimate of drug-likeness (QED) is 0.458. The van der Waals surface area contributed by atoms with Crippen molar-refractivity contribution in [3.05, 3.63) is 83.3 Å². The van der Waals surface area contributed by atoms with Crippen molar-refractivity contribution in [2.45, 2.75) is 19.1 Å². The van der Waals surface area contributed by atoms with E-state index in [-0.39, 0.29) is 0 Å². The van der Waals surface area contributed by atoms with Crippen LogP contribution in [-0.4, -0.2) is 22.1 Å². The number of ether oxygens (including phenoxy) is 1. The summed E-state index contributed by atoms with van der Waals surface area (Å²) in [5, 5.41) is 4.12. The lowest BCUT2D eigenvalue weighted by Gasteiger charge is -2.09. The molecule has 1 aromatic carbocycles. The van der Waals surface area contributed by atoms with Crippen molar-refractivity contribution in [1.29, 1.82) is 0 Å². The number of halogens is 3. The molecule has 0 spiro atoms. The van der Waals surface area contributed by atoms with Gasteiger partial charge in [0.15, 0.2) is 0 Å². The second-order valence-electron chi connectivity index (χ2n) is 6.86. The standard InChI is InChI=1S/C22H19F3N4O/c1-30-18-9-19-16(12-28-21(19)29-13-18)8-15-4-7-20(27-11-15)26-10-14-2-5-17(6-3-14)22(23,24)25/h2-7,9,11-13H,8,10H2,1H3,(H,26,27)(H,28,29). The van der Waals surface area contributed by atoms with Gasteiger partial charge in [-0.25, -0.2) is 9.97 Å². The van der Waals surface area contributed by atoms with Crippen LogP contribution in [0.4, 0.5) is 19.0 Å². The van der Waals surface area contributed by atoms with Crippen LogP contribution in [0.5, 0.6) is 5.75 Å². The highest BCUT2D eigenvalue weighted by molar-refractivity contribution is 5.81. The van der Waals surface area contributed by atoms with Crippen LogP contribution >= 0.6 is 0 Å². The molecule has 2 N–H and O–H groups in total. The number of nitrogens with zero attached hydrogens (tertiary/aromatic N) is 2. The van der Waals surface area contributed by atoms with Gasteiger partial charge in [-0.1, -0.05) is 18.2 Å². The summed E-state index contributed by atoms with van der Waals surface area (Å²) in [4.78, 5) is 11.9. The van der Waals surface area contributed by atoms with Gasteiger partial charge in [-0.15, -0.1) is 0 Å². The van der Waals surface area contributed by atoms with Gasteiger partial charge in [0.25, 0.3) is 0 Å². The molecule has 0 saturated carbocycles. The average Bonchev–Trinajstić information content (AvgIpc) is 3.15. The lowest BCUT2D eigenvalue weighted by molar-refractivity contribution is -0.137. The first-order valence-electron chi connectivity index (χ1n) is 9.27. The van der Waals surface area contributed by atoms with Crippen LogP contribution in [0.3, 0.4) is 0 Å². The molecule has 8 heteroatoms. The Bertz CT molecular complexity index is 1140. The van der Waals surface area contributed by atoms with Crippen molar-refractivity contribution in [3.8, 4) is 5.75 Å². The van der Waals surface area contributed by atoms with E-state index in [2.05, 4.69) is 20.3 Å². The molecule has 154 valence electrons. The number of fused-ring (bicyclic) bond motifs is 1. The van der Waals surface area contributed by atoms with Crippen LogP contribution in [-0.2, 0) is 19.1 Å². The van der Waals surface area contributed by atoms with Gasteiger partial charge in [-0.3, -0.25) is 0 Å². The van der Waals surface area contributed by atoms with Crippen LogP contribution in [0, 0.1) is 0 Å². The number of aromatic amines is 1. The molecule has 0 aliphatic rings. The van der Waals surface area contributed by atoms with Gasteiger partial charge >= 0.3 is 6.18 Å². The van der Waals surface area contributed by atoms with Crippen molar-refractivity contribution in [2.24, 2.45) is 0 Å². The van der Waals surface area contributed by atoms with E-state index in [0.29, 0.717) is 24.5 Å². The molecule has 0 radical (unpaired) electrons. The van der Waals surface area contributed by atoms with Crippen molar-refractivity contribution < 1.29 is 17.9 Å². The number of hydrogen-bond acceptors (Lipinski definition) is 4. The molecule has 3 heterocycles. The lowest BCUT2D eigenvalue weighted by atomic mass is 10.1. The topological polar surface area (TPSA) is 62.8 Å². The molecular formula is C22H19F3N4O. The zero-order valence-corrected chi connectivity index (χ0v) is 16.1. The zero-order chi connectivity index (χ0) is 21.1. The number of rotatable bonds is 6. The molecule has 0 aliphatic carbocycles. The van der Waals surface area contributed by atoms with Crippen molar-refractivity contribution in [2.75, 3.05) is 12.4 Å². The SMILES string of the molecule is COc1cnc2[nH]cc(Cc3ccc(NCc4ccc(C(F)(F)F)cc4)nc3)c2c1. The predicted molar refractivity (Wildman–Crippen MR) is 108 cm³/mol. The second-order valence-corrected chi connectivity index (χ2v) is 6.86. The predicted octanol–water partition coefficient (Wildman–Crippen LogP) is 5.19. The molecule has 0 amide bonds. The summed E-state index contributed by atoms with van der Waals surface area (Å²) in [6.07, 6.45) is 1.73. The molecule has 0 saturated heterocycles. The fraction of sp³-hybridized carbons (Fsp3) is 0.182. The summed E-state index contributed by atoms with van der Waals surface area (Å²) in [7, 11) is 1.61. The maximum absolute atomic E-state index is 12.6. The maximum atomic E-state index is 12.6. The first kappa shape index (κ1) is 19.8. The third-order valence-electron chi connectivity index (χ3n) is 4.80. The Kier molecular flexibility index (Phi) is 5.31. The van der Waals surface area contributed by atoms with Crippen LogP contribution < -0.4 is 10.1 Å². The Morgan fingerprint density at radius 2 is 1.77 bits per heavy atom. The highest BCUT2D eigenvalue weighted by Crippen LogP contribution is 2.29. The minimum atomic E-state index is -4.32. The Hall–Kier alpha value is -3.55. The molecule has 0 bridgehead atoms. The van der Waals surface area contributed by atoms with Crippen LogP contribution in [0.15, 0.2) is 61.1 Å². The van der Waals surface area contributed by atoms with Crippen LogP contribution in [0.2, 0.25) is 0 Å². The highest BCUT2D eigenvalue weighted by atomic mass is 19.4. The highest BCUT2D eigenvalue weighted by Gasteiger charge is 2.29. The smallest absolute Gasteiger partial charge is 0.416 e. The Labute approximate surface area is 170 Å². The summed E-state index contributed by atoms with van der Waals surface area (Å²) < 4.78 is 43.1. The number of benzene rings is 1. The van der Waals surface area contributed by atoms with E-state index in [1.807, 2.05) is 24.4 Å². The number of alkyl halides is 3. The normalized spacial score (nSPS) is 11.6. The van der Waals surface area contributed by atoms with E-state index in [0.717, 1.165) is 39.9 Å². The number of hydrogen-bond donors (Lipinski definition) is 2. The van der Waals surface area contributed by atoms with Gasteiger partial charge in [-0.2, -0.15) is 13.2 Å². The molecular weight excluding hydrogens is 393 g/mol. The summed E-state index contributed by atoms with van der Waals surface area (Å²) in [6.45, 7) is 0.387. The number of nitrogens with one attached hydrogen (secondary N) is 2. The van der Waals surface area contributed by atoms with Crippen molar-refractivity contribution in [1.82, 2.24) is 15.0 Å². The van der Waals surface area contributed by atoms with E-state index >= 15 is 0 Å². The molecule has 5 nitrogen and oxygen atoms in total. The molecule has 0 aliphatic heterocycles. The van der Waals surface area contributed by atoms with Gasteiger partial charge in [0.1, 0.15) is 17.2 Å². The summed E-state index contributed by atoms with van der Waals surface area (Å²) >= 11 is 0. The minimum Gasteiger partial charge on any atom is -0.495 e. The third kappa shape index (κ3) is 4.37. The Morgan fingerprint density at radius 1 is 1.00 bits per heavy atom. The molecule has 0 unspecified atom stereocenters. The number of anilines is 1. The number of pyridine rings is 2. The van der Waals surface area contributed by atoms with Crippen LogP contribution in [0.1, 0.15) is 22.3 Å². The van der Waals surface area contributed by atoms with E-state index in [9.17, 15) is 13.2 Å². The zero-order valence-electron chi connectivity index (χ0n) is 16.1. The van der Waals surface area contributed by atoms with Gasteiger partial charge < -0.3 is 15.0 Å². The number of H-pyrrole nitrogens is 1. The van der Waals surface area contributed by atoms with E-state index < -0.39 is 11.7 Å². The molecule has 30 heavy (non-hydrogen) atoms. The van der Waals surface area contributed by atoms with E-state index in [4.69, 9.17) is 4.74 Å². The number of aromatic nitrogens is 3. The first-order chi connectivity index (χ1) is 14.4. The third-order valence-corrected chi connectivity index (χ3v) is 4.80. The maximum Gasteiger partial charge on any atom is 0.416 e. The monoisotopic (exact) mass is 412 g/mol. The Morgan fingerprint density at radius 3 is 2.43 bits per heavy atom. The molecule has 3 aromatic heterocycles. The fourth-order valence-corrected chi connectivity index (χ4v) is 3.15. The molecule has 0 atom stereocenters. The molecule has 4 rings (SSSR count). The average molecular weight is 412 g/mol. The van der Waals surface area contributed by atoms with Crippen LogP contribution in [0.25, 0.3) is 11.0 Å². The Balaban J connectivity index is 1.40. The summed E-state index contributed by atoms with van der Waals surface area (Å²) in [6, 6.07) is 10.9. The number of methoxy groups -OCH3 is 1. The second kappa shape index (κ2) is 8.06. The minimum absolute atomic E-state index is 0.387.